The fourth-order valence-corrected chi connectivity index (χ4v) is 2.87. The molecule has 100 valence electrons. The van der Waals surface area contributed by atoms with Crippen LogP contribution in [0.5, 0.6) is 0 Å². The van der Waals surface area contributed by atoms with Crippen LogP contribution >= 0.6 is 0 Å². The van der Waals surface area contributed by atoms with Crippen LogP contribution in [0.4, 0.5) is 5.69 Å². The van der Waals surface area contributed by atoms with Crippen LogP contribution in [0.25, 0.3) is 10.9 Å². The first-order chi connectivity index (χ1) is 9.25. The smallest absolute Gasteiger partial charge is 0.0950 e. The summed E-state index contributed by atoms with van der Waals surface area (Å²) < 4.78 is 0. The van der Waals surface area contributed by atoms with Crippen molar-refractivity contribution in [2.75, 3.05) is 18.0 Å². The molecule has 1 saturated heterocycles. The zero-order chi connectivity index (χ0) is 13.2. The van der Waals surface area contributed by atoms with Crippen LogP contribution < -0.4 is 4.90 Å². The largest absolute Gasteiger partial charge is 0.393 e. The van der Waals surface area contributed by atoms with E-state index in [1.54, 1.807) is 0 Å². The SMILES string of the molecule is CC(O)C1CCN(c2cnnc3ccccc23)CC1. The number of hydrogen-bond acceptors (Lipinski definition) is 4. The first kappa shape index (κ1) is 12.4. The Bertz CT molecular complexity index is 557. The minimum Gasteiger partial charge on any atom is -0.393 e. The maximum atomic E-state index is 9.66. The second kappa shape index (κ2) is 5.13. The lowest BCUT2D eigenvalue weighted by Gasteiger charge is -2.35. The Morgan fingerprint density at radius 1 is 1.26 bits per heavy atom. The number of benzene rings is 1. The molecule has 1 N–H and O–H groups in total. The molecule has 19 heavy (non-hydrogen) atoms. The third-order valence-electron chi connectivity index (χ3n) is 4.09. The summed E-state index contributed by atoms with van der Waals surface area (Å²) in [5.41, 5.74) is 2.10. The van der Waals surface area contributed by atoms with E-state index in [2.05, 4.69) is 21.2 Å². The van der Waals surface area contributed by atoms with Crippen LogP contribution in [-0.4, -0.2) is 34.5 Å². The monoisotopic (exact) mass is 257 g/mol. The van der Waals surface area contributed by atoms with E-state index in [0.29, 0.717) is 5.92 Å². The number of nitrogens with zero attached hydrogens (tertiary/aromatic N) is 3. The van der Waals surface area contributed by atoms with Crippen molar-refractivity contribution < 1.29 is 5.11 Å². The summed E-state index contributed by atoms with van der Waals surface area (Å²) in [7, 11) is 0. The molecular weight excluding hydrogens is 238 g/mol. The Morgan fingerprint density at radius 3 is 2.74 bits per heavy atom. The Hall–Kier alpha value is -1.68. The molecule has 1 aliphatic rings. The van der Waals surface area contributed by atoms with E-state index in [9.17, 15) is 5.11 Å². The summed E-state index contributed by atoms with van der Waals surface area (Å²) in [5.74, 6) is 0.428. The minimum atomic E-state index is -0.200. The van der Waals surface area contributed by atoms with E-state index in [1.807, 2.05) is 31.3 Å². The molecule has 1 aromatic carbocycles. The molecule has 0 radical (unpaired) electrons. The molecule has 1 unspecified atom stereocenters. The highest BCUT2D eigenvalue weighted by Crippen LogP contribution is 2.29. The maximum Gasteiger partial charge on any atom is 0.0950 e. The maximum absolute atomic E-state index is 9.66. The van der Waals surface area contributed by atoms with Crippen molar-refractivity contribution in [1.82, 2.24) is 10.2 Å². The number of hydrogen-bond donors (Lipinski definition) is 1. The summed E-state index contributed by atoms with van der Waals surface area (Å²) in [6.45, 7) is 3.85. The van der Waals surface area contributed by atoms with E-state index in [-0.39, 0.29) is 6.10 Å². The highest BCUT2D eigenvalue weighted by molar-refractivity contribution is 5.90. The average molecular weight is 257 g/mol. The molecule has 1 aliphatic heterocycles. The lowest BCUT2D eigenvalue weighted by atomic mass is 9.92. The van der Waals surface area contributed by atoms with Crippen molar-refractivity contribution in [3.63, 3.8) is 0 Å². The standard InChI is InChI=1S/C15H19N3O/c1-11(19)12-6-8-18(9-7-12)15-10-16-17-14-5-3-2-4-13(14)15/h2-5,10-12,19H,6-9H2,1H3. The second-order valence-electron chi connectivity index (χ2n) is 5.31. The van der Waals surface area contributed by atoms with Crippen LogP contribution in [0, 0.1) is 5.92 Å². The number of anilines is 1. The van der Waals surface area contributed by atoms with Gasteiger partial charge in [0.1, 0.15) is 0 Å². The van der Waals surface area contributed by atoms with Crippen LogP contribution in [0.2, 0.25) is 0 Å². The second-order valence-corrected chi connectivity index (χ2v) is 5.31. The molecule has 4 heteroatoms. The van der Waals surface area contributed by atoms with Crippen LogP contribution in [-0.2, 0) is 0 Å². The van der Waals surface area contributed by atoms with Gasteiger partial charge in [0.2, 0.25) is 0 Å². The van der Waals surface area contributed by atoms with Gasteiger partial charge in [-0.2, -0.15) is 10.2 Å². The van der Waals surface area contributed by atoms with E-state index in [1.165, 1.54) is 0 Å². The van der Waals surface area contributed by atoms with Gasteiger partial charge in [0.25, 0.3) is 0 Å². The van der Waals surface area contributed by atoms with Gasteiger partial charge in [0.05, 0.1) is 23.5 Å². The molecule has 4 nitrogen and oxygen atoms in total. The van der Waals surface area contributed by atoms with Gasteiger partial charge in [-0.15, -0.1) is 0 Å². The first-order valence-corrected chi connectivity index (χ1v) is 6.89. The van der Waals surface area contributed by atoms with Gasteiger partial charge in [-0.05, 0) is 31.7 Å². The zero-order valence-corrected chi connectivity index (χ0v) is 11.2. The predicted molar refractivity (Wildman–Crippen MR) is 76.2 cm³/mol. The number of fused-ring (bicyclic) bond motifs is 1. The van der Waals surface area contributed by atoms with Gasteiger partial charge in [-0.1, -0.05) is 18.2 Å². The van der Waals surface area contributed by atoms with Crippen LogP contribution in [0.1, 0.15) is 19.8 Å². The highest BCUT2D eigenvalue weighted by Gasteiger charge is 2.23. The first-order valence-electron chi connectivity index (χ1n) is 6.89. The molecule has 2 aromatic rings. The van der Waals surface area contributed by atoms with Gasteiger partial charge in [-0.3, -0.25) is 0 Å². The summed E-state index contributed by atoms with van der Waals surface area (Å²) in [5, 5.41) is 19.1. The Morgan fingerprint density at radius 2 is 2.00 bits per heavy atom. The molecule has 0 aliphatic carbocycles. The molecule has 1 atom stereocenters. The number of aliphatic hydroxyl groups excluding tert-OH is 1. The van der Waals surface area contributed by atoms with E-state index >= 15 is 0 Å². The van der Waals surface area contributed by atoms with Crippen LogP contribution in [0.15, 0.2) is 30.5 Å². The average Bonchev–Trinajstić information content (AvgIpc) is 2.47. The number of piperidine rings is 1. The van der Waals surface area contributed by atoms with Crippen molar-refractivity contribution in [3.05, 3.63) is 30.5 Å². The van der Waals surface area contributed by atoms with Gasteiger partial charge in [0, 0.05) is 18.5 Å². The molecule has 0 bridgehead atoms. The third kappa shape index (κ3) is 2.40. The molecule has 0 amide bonds. The third-order valence-corrected chi connectivity index (χ3v) is 4.09. The van der Waals surface area contributed by atoms with Crippen molar-refractivity contribution >= 4 is 16.6 Å². The summed E-state index contributed by atoms with van der Waals surface area (Å²) in [4.78, 5) is 2.36. The number of rotatable bonds is 2. The lowest BCUT2D eigenvalue weighted by Crippen LogP contribution is -2.37. The Labute approximate surface area is 113 Å². The molecule has 3 rings (SSSR count). The van der Waals surface area contributed by atoms with E-state index < -0.39 is 0 Å². The lowest BCUT2D eigenvalue weighted by molar-refractivity contribution is 0.110. The highest BCUT2D eigenvalue weighted by atomic mass is 16.3. The Balaban J connectivity index is 1.86. The van der Waals surface area contributed by atoms with Crippen LogP contribution in [0.3, 0.4) is 0 Å². The molecule has 1 fully saturated rings. The van der Waals surface area contributed by atoms with Crippen molar-refractivity contribution in [1.29, 1.82) is 0 Å². The summed E-state index contributed by atoms with van der Waals surface area (Å²) >= 11 is 0. The van der Waals surface area contributed by atoms with Gasteiger partial charge in [-0.25, -0.2) is 0 Å². The molecule has 2 heterocycles. The van der Waals surface area contributed by atoms with Crippen molar-refractivity contribution in [2.45, 2.75) is 25.9 Å². The van der Waals surface area contributed by atoms with Gasteiger partial charge >= 0.3 is 0 Å². The van der Waals surface area contributed by atoms with Crippen molar-refractivity contribution in [3.8, 4) is 0 Å². The predicted octanol–water partition coefficient (Wildman–Crippen LogP) is 2.23. The molecule has 0 saturated carbocycles. The molecule has 0 spiro atoms. The number of aromatic nitrogens is 2. The topological polar surface area (TPSA) is 49.2 Å². The zero-order valence-electron chi connectivity index (χ0n) is 11.2. The van der Waals surface area contributed by atoms with Crippen molar-refractivity contribution in [2.24, 2.45) is 5.92 Å². The molecular formula is C15H19N3O. The van der Waals surface area contributed by atoms with E-state index in [0.717, 1.165) is 42.5 Å². The van der Waals surface area contributed by atoms with Gasteiger partial charge < -0.3 is 10.0 Å². The minimum absolute atomic E-state index is 0.200. The fraction of sp³-hybridized carbons (Fsp3) is 0.467. The normalized spacial score (nSPS) is 18.7. The molecule has 1 aromatic heterocycles. The summed E-state index contributed by atoms with van der Waals surface area (Å²) in [6.07, 6.45) is 3.72. The summed E-state index contributed by atoms with van der Waals surface area (Å²) in [6, 6.07) is 8.12. The quantitative estimate of drug-likeness (QED) is 0.896. The Kier molecular flexibility index (Phi) is 3.34. The van der Waals surface area contributed by atoms with E-state index in [4.69, 9.17) is 0 Å². The number of aliphatic hydroxyl groups is 1. The van der Waals surface area contributed by atoms with Gasteiger partial charge in [0.15, 0.2) is 0 Å². The fourth-order valence-electron chi connectivity index (χ4n) is 2.87.